The van der Waals surface area contributed by atoms with Gasteiger partial charge < -0.3 is 9.47 Å². The van der Waals surface area contributed by atoms with E-state index in [0.29, 0.717) is 12.6 Å². The summed E-state index contributed by atoms with van der Waals surface area (Å²) in [5.41, 5.74) is 6.89. The number of benzene rings is 3. The number of ether oxygens (including phenoxy) is 2. The van der Waals surface area contributed by atoms with Gasteiger partial charge in [-0.3, -0.25) is 4.90 Å². The molecule has 0 aliphatic carbocycles. The molecule has 0 radical (unpaired) electrons. The van der Waals surface area contributed by atoms with E-state index in [1.165, 1.54) is 22.3 Å². The molecule has 2 aliphatic rings. The molecule has 0 fully saturated rings. The van der Waals surface area contributed by atoms with Crippen LogP contribution in [0.1, 0.15) is 33.9 Å². The van der Waals surface area contributed by atoms with Gasteiger partial charge in [-0.1, -0.05) is 54.6 Å². The van der Waals surface area contributed by atoms with Crippen molar-refractivity contribution in [1.82, 2.24) is 4.90 Å². The van der Waals surface area contributed by atoms with Crippen molar-refractivity contribution in [2.75, 3.05) is 13.7 Å². The first-order valence-corrected chi connectivity index (χ1v) is 10.00. The number of hydrogen-bond donors (Lipinski definition) is 0. The van der Waals surface area contributed by atoms with Crippen LogP contribution in [0.5, 0.6) is 11.5 Å². The van der Waals surface area contributed by atoms with E-state index in [9.17, 15) is 0 Å². The van der Waals surface area contributed by atoms with Gasteiger partial charge in [0, 0.05) is 19.1 Å². The Morgan fingerprint density at radius 2 is 1.68 bits per heavy atom. The van der Waals surface area contributed by atoms with Crippen LogP contribution in [0.3, 0.4) is 0 Å². The lowest BCUT2D eigenvalue weighted by atomic mass is 9.84. The van der Waals surface area contributed by atoms with E-state index in [-0.39, 0.29) is 0 Å². The lowest BCUT2D eigenvalue weighted by Crippen LogP contribution is -2.39. The van der Waals surface area contributed by atoms with Gasteiger partial charge in [-0.25, -0.2) is 0 Å². The molecule has 0 bridgehead atoms. The quantitative estimate of drug-likeness (QED) is 0.649. The zero-order valence-electron chi connectivity index (χ0n) is 16.2. The van der Waals surface area contributed by atoms with Gasteiger partial charge in [0.05, 0.1) is 7.11 Å². The summed E-state index contributed by atoms with van der Waals surface area (Å²) < 4.78 is 11.8. The van der Waals surface area contributed by atoms with Crippen molar-refractivity contribution in [3.63, 3.8) is 0 Å². The van der Waals surface area contributed by atoms with Crippen molar-refractivity contribution < 1.29 is 9.47 Å². The molecule has 3 aromatic rings. The zero-order valence-corrected chi connectivity index (χ0v) is 16.2. The summed E-state index contributed by atoms with van der Waals surface area (Å²) in [6, 6.07) is 24.0. The number of nitrogens with zero attached hydrogens (tertiary/aromatic N) is 1. The summed E-state index contributed by atoms with van der Waals surface area (Å²) >= 11 is 0. The van der Waals surface area contributed by atoms with Gasteiger partial charge >= 0.3 is 0 Å². The van der Waals surface area contributed by atoms with Crippen molar-refractivity contribution in [1.29, 1.82) is 0 Å². The Kier molecular flexibility index (Phi) is 4.53. The molecule has 5 rings (SSSR count). The first kappa shape index (κ1) is 17.3. The second-order valence-corrected chi connectivity index (χ2v) is 7.69. The summed E-state index contributed by atoms with van der Waals surface area (Å²) in [6.07, 6.45) is 2.12. The predicted octanol–water partition coefficient (Wildman–Crippen LogP) is 4.93. The normalized spacial score (nSPS) is 18.0. The highest BCUT2D eigenvalue weighted by molar-refractivity contribution is 5.50. The molecule has 0 N–H and O–H groups in total. The molecule has 2 heterocycles. The molecule has 1 atom stereocenters. The standard InChI is InChI=1S/C25H25NO2/c1-27-24-14-20-11-12-26-16-21-10-6-5-9-19(21)13-23(26)22(20)15-25(24)28-17-18-7-3-2-4-8-18/h2-10,14-15,23H,11-13,16-17H2,1H3. The molecule has 2 aliphatic heterocycles. The molecule has 0 aromatic heterocycles. The van der Waals surface area contributed by atoms with Crippen LogP contribution in [0.2, 0.25) is 0 Å². The van der Waals surface area contributed by atoms with Gasteiger partial charge in [0.15, 0.2) is 11.5 Å². The molecule has 3 heteroatoms. The van der Waals surface area contributed by atoms with E-state index in [1.54, 1.807) is 7.11 Å². The van der Waals surface area contributed by atoms with Gasteiger partial charge in [0.25, 0.3) is 0 Å². The van der Waals surface area contributed by atoms with Gasteiger partial charge in [-0.15, -0.1) is 0 Å². The molecule has 0 amide bonds. The third-order valence-corrected chi connectivity index (χ3v) is 6.04. The van der Waals surface area contributed by atoms with Crippen LogP contribution < -0.4 is 9.47 Å². The van der Waals surface area contributed by atoms with E-state index >= 15 is 0 Å². The Labute approximate surface area is 166 Å². The average molecular weight is 371 g/mol. The minimum atomic E-state index is 0.420. The number of methoxy groups -OCH3 is 1. The minimum Gasteiger partial charge on any atom is -0.493 e. The third kappa shape index (κ3) is 3.16. The second kappa shape index (κ2) is 7.33. The highest BCUT2D eigenvalue weighted by atomic mass is 16.5. The van der Waals surface area contributed by atoms with E-state index in [4.69, 9.17) is 9.47 Å². The number of hydrogen-bond acceptors (Lipinski definition) is 3. The molecule has 0 saturated heterocycles. The first-order chi connectivity index (χ1) is 13.8. The van der Waals surface area contributed by atoms with Crippen LogP contribution in [0.4, 0.5) is 0 Å². The van der Waals surface area contributed by atoms with Crippen LogP contribution in [0.25, 0.3) is 0 Å². The molecule has 3 aromatic carbocycles. The van der Waals surface area contributed by atoms with Crippen LogP contribution in [-0.4, -0.2) is 18.6 Å². The maximum absolute atomic E-state index is 6.19. The highest BCUT2D eigenvalue weighted by Gasteiger charge is 2.32. The lowest BCUT2D eigenvalue weighted by Gasteiger charge is -2.41. The van der Waals surface area contributed by atoms with Crippen LogP contribution in [0.15, 0.2) is 66.7 Å². The Morgan fingerprint density at radius 3 is 2.50 bits per heavy atom. The zero-order chi connectivity index (χ0) is 18.9. The molecular weight excluding hydrogens is 346 g/mol. The highest BCUT2D eigenvalue weighted by Crippen LogP contribution is 2.42. The first-order valence-electron chi connectivity index (χ1n) is 10.00. The van der Waals surface area contributed by atoms with E-state index in [2.05, 4.69) is 53.4 Å². The Hall–Kier alpha value is -2.78. The van der Waals surface area contributed by atoms with E-state index in [1.807, 2.05) is 18.2 Å². The second-order valence-electron chi connectivity index (χ2n) is 7.69. The summed E-state index contributed by atoms with van der Waals surface area (Å²) in [4.78, 5) is 2.61. The fourth-order valence-corrected chi connectivity index (χ4v) is 4.53. The van der Waals surface area contributed by atoms with Gasteiger partial charge in [-0.05, 0) is 52.8 Å². The summed E-state index contributed by atoms with van der Waals surface area (Å²) in [7, 11) is 1.73. The Balaban J connectivity index is 1.47. The fourth-order valence-electron chi connectivity index (χ4n) is 4.53. The largest absolute Gasteiger partial charge is 0.493 e. The monoisotopic (exact) mass is 371 g/mol. The summed E-state index contributed by atoms with van der Waals surface area (Å²) in [5.74, 6) is 1.67. The van der Waals surface area contributed by atoms with Crippen LogP contribution in [-0.2, 0) is 26.0 Å². The molecule has 3 nitrogen and oxygen atoms in total. The third-order valence-electron chi connectivity index (χ3n) is 6.04. The van der Waals surface area contributed by atoms with Gasteiger partial charge in [0.2, 0.25) is 0 Å². The molecule has 1 unspecified atom stereocenters. The molecule has 142 valence electrons. The van der Waals surface area contributed by atoms with Crippen molar-refractivity contribution in [2.24, 2.45) is 0 Å². The van der Waals surface area contributed by atoms with Crippen molar-refractivity contribution >= 4 is 0 Å². The number of rotatable bonds is 4. The van der Waals surface area contributed by atoms with Crippen molar-refractivity contribution in [3.05, 3.63) is 94.5 Å². The maximum atomic E-state index is 6.19. The molecule has 28 heavy (non-hydrogen) atoms. The Morgan fingerprint density at radius 1 is 0.893 bits per heavy atom. The molecular formula is C25H25NO2. The van der Waals surface area contributed by atoms with E-state index < -0.39 is 0 Å². The van der Waals surface area contributed by atoms with Crippen molar-refractivity contribution in [2.45, 2.75) is 32.0 Å². The fraction of sp³-hybridized carbons (Fsp3) is 0.280. The topological polar surface area (TPSA) is 21.7 Å². The van der Waals surface area contributed by atoms with E-state index in [0.717, 1.165) is 43.0 Å². The smallest absolute Gasteiger partial charge is 0.162 e. The lowest BCUT2D eigenvalue weighted by molar-refractivity contribution is 0.160. The van der Waals surface area contributed by atoms with Gasteiger partial charge in [0.1, 0.15) is 6.61 Å². The predicted molar refractivity (Wildman–Crippen MR) is 111 cm³/mol. The minimum absolute atomic E-state index is 0.420. The number of fused-ring (bicyclic) bond motifs is 4. The molecule has 0 saturated carbocycles. The van der Waals surface area contributed by atoms with Gasteiger partial charge in [-0.2, -0.15) is 0 Å². The Bertz CT molecular complexity index is 983. The average Bonchev–Trinajstić information content (AvgIpc) is 2.76. The van der Waals surface area contributed by atoms with Crippen molar-refractivity contribution in [3.8, 4) is 11.5 Å². The van der Waals surface area contributed by atoms with Crippen LogP contribution >= 0.6 is 0 Å². The summed E-state index contributed by atoms with van der Waals surface area (Å²) in [6.45, 7) is 2.68. The summed E-state index contributed by atoms with van der Waals surface area (Å²) in [5, 5.41) is 0. The SMILES string of the molecule is COc1cc2c(cc1OCc1ccccc1)C1Cc3ccccc3CN1CC2. The van der Waals surface area contributed by atoms with Crippen LogP contribution in [0, 0.1) is 0 Å². The maximum Gasteiger partial charge on any atom is 0.162 e. The molecule has 0 spiro atoms.